The monoisotopic (exact) mass is 300 g/mol. The Bertz CT molecular complexity index is 441. The van der Waals surface area contributed by atoms with Crippen LogP contribution in [-0.4, -0.2) is 34.1 Å². The van der Waals surface area contributed by atoms with Crippen LogP contribution in [0.5, 0.6) is 0 Å². The highest BCUT2D eigenvalue weighted by molar-refractivity contribution is 7.45. The third kappa shape index (κ3) is 6.47. The van der Waals surface area contributed by atoms with Crippen LogP contribution < -0.4 is 10.6 Å². The normalized spacial score (nSPS) is 11.8. The quantitative estimate of drug-likeness (QED) is 0.578. The highest BCUT2D eigenvalue weighted by Gasteiger charge is 2.15. The lowest BCUT2D eigenvalue weighted by Gasteiger charge is -2.14. The van der Waals surface area contributed by atoms with Crippen molar-refractivity contribution in [1.82, 2.24) is 10.6 Å². The van der Waals surface area contributed by atoms with Gasteiger partial charge in [0.2, 0.25) is 5.91 Å². The van der Waals surface area contributed by atoms with Crippen molar-refractivity contribution >= 4 is 20.4 Å². The summed E-state index contributed by atoms with van der Waals surface area (Å²) in [5.74, 6) is -1.27. The van der Waals surface area contributed by atoms with E-state index in [0.29, 0.717) is 0 Å². The van der Waals surface area contributed by atoms with Gasteiger partial charge in [-0.15, -0.1) is 0 Å². The van der Waals surface area contributed by atoms with Crippen molar-refractivity contribution in [2.45, 2.75) is 19.3 Å². The molecule has 0 spiro atoms. The molecule has 0 saturated heterocycles. The molecule has 1 unspecified atom stereocenters. The van der Waals surface area contributed by atoms with Gasteiger partial charge in [-0.1, -0.05) is 30.3 Å². The molecule has 0 saturated carbocycles. The number of hydrogen-bond acceptors (Lipinski definition) is 5. The van der Waals surface area contributed by atoms with Gasteiger partial charge in [0.1, 0.15) is 13.2 Å². The number of carbonyl (C=O) groups excluding carboxylic acids is 2. The van der Waals surface area contributed by atoms with Crippen molar-refractivity contribution in [3.8, 4) is 0 Å². The summed E-state index contributed by atoms with van der Waals surface area (Å²) < 4.78 is 4.91. The number of ether oxygens (including phenoxy) is 1. The van der Waals surface area contributed by atoms with E-state index >= 15 is 0 Å². The summed E-state index contributed by atoms with van der Waals surface area (Å²) in [5, 5.41) is 4.60. The summed E-state index contributed by atoms with van der Waals surface area (Å²) >= 11 is 0. The van der Waals surface area contributed by atoms with Crippen molar-refractivity contribution in [2.75, 3.05) is 6.54 Å². The molecule has 4 N–H and O–H groups in total. The summed E-state index contributed by atoms with van der Waals surface area (Å²) in [5.41, 5.74) is 0.840. The average Bonchev–Trinajstić information content (AvgIpc) is 2.43. The molecule has 0 aliphatic heterocycles. The summed E-state index contributed by atoms with van der Waals surface area (Å²) in [7, 11) is -2.23. The molecule has 0 aromatic heterocycles. The second-order valence-corrected chi connectivity index (χ2v) is 5.39. The SMILES string of the molecule is CC(NC(=O)CNC(=O)OCc1ccccc1)P(O)O. The first-order chi connectivity index (χ1) is 9.49. The molecule has 7 nitrogen and oxygen atoms in total. The van der Waals surface area contributed by atoms with Gasteiger partial charge in [-0.3, -0.25) is 4.79 Å². The molecular formula is C12H17N2O5P. The van der Waals surface area contributed by atoms with Gasteiger partial charge in [-0.2, -0.15) is 0 Å². The van der Waals surface area contributed by atoms with Crippen molar-refractivity contribution in [2.24, 2.45) is 0 Å². The predicted molar refractivity (Wildman–Crippen MR) is 73.6 cm³/mol. The fraction of sp³-hybridized carbons (Fsp3) is 0.333. The fourth-order valence-corrected chi connectivity index (χ4v) is 1.53. The molecule has 0 fully saturated rings. The molecule has 2 amide bonds. The zero-order chi connectivity index (χ0) is 15.0. The van der Waals surface area contributed by atoms with E-state index in [1.165, 1.54) is 6.92 Å². The molecule has 8 heteroatoms. The highest BCUT2D eigenvalue weighted by Crippen LogP contribution is 2.27. The van der Waals surface area contributed by atoms with Gasteiger partial charge >= 0.3 is 6.09 Å². The van der Waals surface area contributed by atoms with E-state index in [-0.39, 0.29) is 13.2 Å². The van der Waals surface area contributed by atoms with Crippen LogP contribution in [0.1, 0.15) is 12.5 Å². The van der Waals surface area contributed by atoms with E-state index in [1.54, 1.807) is 0 Å². The van der Waals surface area contributed by atoms with Gasteiger partial charge in [0.05, 0.1) is 5.78 Å². The van der Waals surface area contributed by atoms with E-state index in [4.69, 9.17) is 14.5 Å². The highest BCUT2D eigenvalue weighted by atomic mass is 31.2. The van der Waals surface area contributed by atoms with Gasteiger partial charge < -0.3 is 25.2 Å². The lowest BCUT2D eigenvalue weighted by Crippen LogP contribution is -2.40. The molecule has 0 bridgehead atoms. The largest absolute Gasteiger partial charge is 0.445 e. The van der Waals surface area contributed by atoms with Crippen molar-refractivity contribution < 1.29 is 24.1 Å². The number of hydrogen-bond donors (Lipinski definition) is 4. The maximum atomic E-state index is 11.3. The summed E-state index contributed by atoms with van der Waals surface area (Å²) in [6.07, 6.45) is -0.716. The third-order valence-corrected chi connectivity index (χ3v) is 3.14. The number of rotatable bonds is 6. The molecule has 0 heterocycles. The van der Waals surface area contributed by atoms with Crippen LogP contribution in [0.2, 0.25) is 0 Å². The number of benzene rings is 1. The van der Waals surface area contributed by atoms with Crippen LogP contribution in [0.15, 0.2) is 30.3 Å². The summed E-state index contributed by atoms with van der Waals surface area (Å²) in [4.78, 5) is 40.4. The summed E-state index contributed by atoms with van der Waals surface area (Å²) in [6.45, 7) is 1.28. The van der Waals surface area contributed by atoms with E-state index in [2.05, 4.69) is 10.6 Å². The van der Waals surface area contributed by atoms with Crippen molar-refractivity contribution in [1.29, 1.82) is 0 Å². The van der Waals surface area contributed by atoms with E-state index in [9.17, 15) is 9.59 Å². The minimum atomic E-state index is -2.23. The Morgan fingerprint density at radius 2 is 1.95 bits per heavy atom. The number of amides is 2. The smallest absolute Gasteiger partial charge is 0.407 e. The Labute approximate surface area is 117 Å². The Balaban J connectivity index is 2.21. The fourth-order valence-electron chi connectivity index (χ4n) is 1.27. The topological polar surface area (TPSA) is 108 Å². The average molecular weight is 300 g/mol. The molecular weight excluding hydrogens is 283 g/mol. The first-order valence-electron chi connectivity index (χ1n) is 5.90. The van der Waals surface area contributed by atoms with Crippen LogP contribution >= 0.6 is 8.38 Å². The van der Waals surface area contributed by atoms with Gasteiger partial charge in [-0.25, -0.2) is 4.79 Å². The molecule has 1 atom stereocenters. The van der Waals surface area contributed by atoms with E-state index in [1.807, 2.05) is 30.3 Å². The molecule has 0 aliphatic rings. The van der Waals surface area contributed by atoms with Crippen LogP contribution in [0, 0.1) is 0 Å². The number of carbonyl (C=O) groups is 2. The lowest BCUT2D eigenvalue weighted by atomic mass is 10.2. The van der Waals surface area contributed by atoms with E-state index < -0.39 is 26.2 Å². The standard InChI is InChI=1S/C12H17N2O5P/c1-9(20(17)18)14-11(15)7-13-12(16)19-8-10-5-3-2-4-6-10/h2-6,9,17-18H,7-8H2,1H3,(H,13,16)(H,14,15). The molecule has 1 aromatic rings. The minimum absolute atomic E-state index is 0.114. The van der Waals surface area contributed by atoms with Crippen molar-refractivity contribution in [3.63, 3.8) is 0 Å². The molecule has 110 valence electrons. The lowest BCUT2D eigenvalue weighted by molar-refractivity contribution is -0.120. The second kappa shape index (κ2) is 8.47. The molecule has 1 aromatic carbocycles. The Morgan fingerprint density at radius 1 is 1.30 bits per heavy atom. The van der Waals surface area contributed by atoms with Crippen LogP contribution in [0.25, 0.3) is 0 Å². The van der Waals surface area contributed by atoms with Crippen LogP contribution in [0.4, 0.5) is 4.79 Å². The van der Waals surface area contributed by atoms with Gasteiger partial charge in [0, 0.05) is 0 Å². The van der Waals surface area contributed by atoms with Gasteiger partial charge in [-0.05, 0) is 12.5 Å². The Morgan fingerprint density at radius 3 is 2.55 bits per heavy atom. The number of nitrogens with one attached hydrogen (secondary N) is 2. The minimum Gasteiger partial charge on any atom is -0.445 e. The predicted octanol–water partition coefficient (Wildman–Crippen LogP) is 0.671. The molecule has 20 heavy (non-hydrogen) atoms. The second-order valence-electron chi connectivity index (χ2n) is 3.98. The van der Waals surface area contributed by atoms with E-state index in [0.717, 1.165) is 5.56 Å². The maximum Gasteiger partial charge on any atom is 0.407 e. The zero-order valence-electron chi connectivity index (χ0n) is 10.9. The Hall–Kier alpha value is -1.69. The summed E-state index contributed by atoms with van der Waals surface area (Å²) in [6, 6.07) is 9.13. The zero-order valence-corrected chi connectivity index (χ0v) is 11.8. The molecule has 0 aliphatic carbocycles. The first-order valence-corrected chi connectivity index (χ1v) is 7.21. The van der Waals surface area contributed by atoms with Crippen molar-refractivity contribution in [3.05, 3.63) is 35.9 Å². The first kappa shape index (κ1) is 16.4. The maximum absolute atomic E-state index is 11.3. The van der Waals surface area contributed by atoms with Crippen LogP contribution in [0.3, 0.4) is 0 Å². The van der Waals surface area contributed by atoms with Gasteiger partial charge in [0.15, 0.2) is 8.38 Å². The molecule has 1 rings (SSSR count). The number of alkyl carbamates (subject to hydrolysis) is 1. The molecule has 0 radical (unpaired) electrons. The van der Waals surface area contributed by atoms with Crippen LogP contribution in [-0.2, 0) is 16.1 Å². The third-order valence-electron chi connectivity index (χ3n) is 2.32. The Kier molecular flexibility index (Phi) is 6.93. The van der Waals surface area contributed by atoms with Gasteiger partial charge in [0.25, 0.3) is 0 Å².